The summed E-state index contributed by atoms with van der Waals surface area (Å²) in [5, 5.41) is 17.6. The highest BCUT2D eigenvalue weighted by atomic mass is 16.4. The average molecular weight is 652 g/mol. The molecule has 6 heteroatoms. The van der Waals surface area contributed by atoms with Gasteiger partial charge < -0.3 is 15.1 Å². The van der Waals surface area contributed by atoms with Crippen LogP contribution in [0.5, 0.6) is 0 Å². The summed E-state index contributed by atoms with van der Waals surface area (Å²) in [6.07, 6.45) is 2.25. The Labute approximate surface area is 287 Å². The number of carboxylic acid groups (broad SMARTS) is 2. The van der Waals surface area contributed by atoms with Gasteiger partial charge in [0.2, 0.25) is 5.91 Å². The topological polar surface area (TPSA) is 94.9 Å². The second-order valence-electron chi connectivity index (χ2n) is 13.1. The van der Waals surface area contributed by atoms with Gasteiger partial charge in [-0.15, -0.1) is 0 Å². The maximum absolute atomic E-state index is 11.5. The van der Waals surface area contributed by atoms with E-state index in [0.717, 1.165) is 23.1 Å². The van der Waals surface area contributed by atoms with Gasteiger partial charge in [0.05, 0.1) is 5.56 Å². The quantitative estimate of drug-likeness (QED) is 0.168. The maximum atomic E-state index is 11.5. The van der Waals surface area contributed by atoms with E-state index in [0.29, 0.717) is 36.2 Å². The largest absolute Gasteiger partial charge is 0.481 e. The van der Waals surface area contributed by atoms with E-state index in [1.54, 1.807) is 37.2 Å². The Morgan fingerprint density at radius 3 is 1.42 bits per heavy atom. The lowest BCUT2D eigenvalue weighted by Gasteiger charge is -2.11. The van der Waals surface area contributed by atoms with Crippen molar-refractivity contribution < 1.29 is 24.6 Å². The Hall–Kier alpha value is -4.71. The van der Waals surface area contributed by atoms with Crippen molar-refractivity contribution in [3.8, 4) is 11.1 Å². The van der Waals surface area contributed by atoms with E-state index in [9.17, 15) is 14.4 Å². The number of aromatic carboxylic acids is 1. The van der Waals surface area contributed by atoms with E-state index in [2.05, 4.69) is 90.1 Å². The normalized spacial score (nSPS) is 10.6. The molecular weight excluding hydrogens is 598 g/mol. The van der Waals surface area contributed by atoms with Crippen LogP contribution in [0.4, 0.5) is 0 Å². The van der Waals surface area contributed by atoms with Crippen LogP contribution in [0.15, 0.2) is 97.1 Å². The molecule has 0 aromatic heterocycles. The number of carbonyl (C=O) groups excluding carboxylic acids is 1. The number of hydrogen-bond acceptors (Lipinski definition) is 3. The Morgan fingerprint density at radius 2 is 0.979 bits per heavy atom. The van der Waals surface area contributed by atoms with Crippen LogP contribution in [0.3, 0.4) is 0 Å². The zero-order valence-corrected chi connectivity index (χ0v) is 29.9. The third-order valence-electron chi connectivity index (χ3n) is 7.99. The molecule has 0 aliphatic heterocycles. The Kier molecular flexibility index (Phi) is 16.3. The molecule has 0 spiro atoms. The maximum Gasteiger partial charge on any atom is 0.335 e. The number of hydrogen-bond donors (Lipinski definition) is 2. The van der Waals surface area contributed by atoms with Crippen molar-refractivity contribution in [2.75, 3.05) is 14.1 Å². The molecule has 0 heterocycles. The molecule has 2 N–H and O–H groups in total. The zero-order valence-electron chi connectivity index (χ0n) is 29.9. The van der Waals surface area contributed by atoms with Crippen LogP contribution < -0.4 is 0 Å². The Balaban J connectivity index is 0.000000252. The highest BCUT2D eigenvalue weighted by Crippen LogP contribution is 2.25. The highest BCUT2D eigenvalue weighted by Gasteiger charge is 2.08. The minimum Gasteiger partial charge on any atom is -0.481 e. The fourth-order valence-corrected chi connectivity index (χ4v) is 4.85. The molecule has 0 aliphatic carbocycles. The predicted molar refractivity (Wildman–Crippen MR) is 197 cm³/mol. The molecule has 0 atom stereocenters. The Bertz CT molecular complexity index is 1620. The number of amides is 1. The van der Waals surface area contributed by atoms with Crippen molar-refractivity contribution >= 4 is 17.8 Å². The molecule has 48 heavy (non-hydrogen) atoms. The second kappa shape index (κ2) is 19.8. The van der Waals surface area contributed by atoms with E-state index in [-0.39, 0.29) is 12.3 Å². The third-order valence-corrected chi connectivity index (χ3v) is 7.99. The lowest BCUT2D eigenvalue weighted by Crippen LogP contribution is -2.21. The number of benzene rings is 4. The monoisotopic (exact) mass is 651 g/mol. The summed E-state index contributed by atoms with van der Waals surface area (Å²) in [4.78, 5) is 34.5. The van der Waals surface area contributed by atoms with E-state index < -0.39 is 11.9 Å². The first-order valence-corrected chi connectivity index (χ1v) is 16.7. The SMILES string of the molecule is CC(C)c1cccc(-c2cccc(C(=O)O)c2)c1.CC(C)c1cccc(CCC(=O)N(C)C)c1.CC(C)c1cccc(CCC(=O)O)c1. The molecule has 0 saturated carbocycles. The molecule has 0 fully saturated rings. The number of aryl methyl sites for hydroxylation is 2. The molecule has 4 aromatic rings. The highest BCUT2D eigenvalue weighted by molar-refractivity contribution is 5.89. The van der Waals surface area contributed by atoms with Crippen molar-refractivity contribution in [2.45, 2.75) is 85.0 Å². The van der Waals surface area contributed by atoms with Gasteiger partial charge >= 0.3 is 11.9 Å². The van der Waals surface area contributed by atoms with Crippen molar-refractivity contribution in [2.24, 2.45) is 0 Å². The van der Waals surface area contributed by atoms with Gasteiger partial charge in [0.1, 0.15) is 0 Å². The summed E-state index contributed by atoms with van der Waals surface area (Å²) < 4.78 is 0. The fraction of sp³-hybridized carbons (Fsp3) is 0.357. The molecule has 4 rings (SSSR count). The lowest BCUT2D eigenvalue weighted by atomic mass is 9.97. The fourth-order valence-electron chi connectivity index (χ4n) is 4.85. The Morgan fingerprint density at radius 1 is 0.562 bits per heavy atom. The van der Waals surface area contributed by atoms with Crippen LogP contribution in [0.2, 0.25) is 0 Å². The molecule has 0 bridgehead atoms. The first kappa shape index (κ1) is 39.5. The second-order valence-corrected chi connectivity index (χ2v) is 13.1. The van der Waals surface area contributed by atoms with Gasteiger partial charge in [-0.05, 0) is 81.7 Å². The van der Waals surface area contributed by atoms with Crippen molar-refractivity contribution in [1.82, 2.24) is 4.90 Å². The van der Waals surface area contributed by atoms with Crippen molar-refractivity contribution in [1.29, 1.82) is 0 Å². The summed E-state index contributed by atoms with van der Waals surface area (Å²) in [5.74, 6) is 0.0728. The van der Waals surface area contributed by atoms with Crippen LogP contribution in [0.25, 0.3) is 11.1 Å². The number of aliphatic carboxylic acids is 1. The van der Waals surface area contributed by atoms with Gasteiger partial charge in [-0.2, -0.15) is 0 Å². The van der Waals surface area contributed by atoms with Crippen LogP contribution >= 0.6 is 0 Å². The smallest absolute Gasteiger partial charge is 0.335 e. The van der Waals surface area contributed by atoms with E-state index in [1.165, 1.54) is 22.3 Å². The van der Waals surface area contributed by atoms with Crippen LogP contribution in [-0.4, -0.2) is 47.1 Å². The summed E-state index contributed by atoms with van der Waals surface area (Å²) in [7, 11) is 3.60. The van der Waals surface area contributed by atoms with Crippen molar-refractivity contribution in [3.63, 3.8) is 0 Å². The average Bonchev–Trinajstić information content (AvgIpc) is 3.07. The molecule has 4 aromatic carbocycles. The van der Waals surface area contributed by atoms with Gasteiger partial charge in [-0.25, -0.2) is 4.79 Å². The van der Waals surface area contributed by atoms with Gasteiger partial charge in [-0.3, -0.25) is 9.59 Å². The molecule has 256 valence electrons. The summed E-state index contributed by atoms with van der Waals surface area (Å²) in [5.41, 5.74) is 8.56. The molecule has 0 radical (unpaired) electrons. The first-order chi connectivity index (χ1) is 22.7. The lowest BCUT2D eigenvalue weighted by molar-refractivity contribution is -0.137. The first-order valence-electron chi connectivity index (χ1n) is 16.7. The van der Waals surface area contributed by atoms with Gasteiger partial charge in [0.25, 0.3) is 0 Å². The molecule has 1 amide bonds. The third kappa shape index (κ3) is 14.0. The molecule has 0 unspecified atom stereocenters. The standard InChI is InChI=1S/C16H16O2.C14H21NO.C12H16O2/c1-11(2)12-5-3-6-13(9-12)14-7-4-8-15(10-14)16(17)18;1-11(2)13-7-5-6-12(10-13)8-9-14(16)15(3)4;1-9(2)11-5-3-4-10(8-11)6-7-12(13)14/h3-11H,1-2H3,(H,17,18);5-7,10-11H,8-9H2,1-4H3;3-5,8-9H,6-7H2,1-2H3,(H,13,14). The zero-order chi connectivity index (χ0) is 35.8. The van der Waals surface area contributed by atoms with Crippen LogP contribution in [0.1, 0.15) is 110 Å². The van der Waals surface area contributed by atoms with Crippen molar-refractivity contribution in [3.05, 3.63) is 130 Å². The number of nitrogens with zero attached hydrogens (tertiary/aromatic N) is 1. The van der Waals surface area contributed by atoms with Gasteiger partial charge in [-0.1, -0.05) is 126 Å². The summed E-state index contributed by atoms with van der Waals surface area (Å²) in [6, 6.07) is 31.9. The van der Waals surface area contributed by atoms with E-state index >= 15 is 0 Å². The number of carbonyl (C=O) groups is 3. The van der Waals surface area contributed by atoms with Crippen LogP contribution in [-0.2, 0) is 22.4 Å². The van der Waals surface area contributed by atoms with Crippen LogP contribution in [0, 0.1) is 0 Å². The minimum absolute atomic E-state index is 0.190. The molecule has 0 aliphatic rings. The summed E-state index contributed by atoms with van der Waals surface area (Å²) in [6.45, 7) is 12.9. The molecular formula is C42H53NO5. The molecule has 0 saturated heterocycles. The van der Waals surface area contributed by atoms with Gasteiger partial charge in [0, 0.05) is 26.9 Å². The van der Waals surface area contributed by atoms with Gasteiger partial charge in [0.15, 0.2) is 0 Å². The summed E-state index contributed by atoms with van der Waals surface area (Å²) >= 11 is 0. The number of rotatable bonds is 11. The predicted octanol–water partition coefficient (Wildman–Crippen LogP) is 9.83. The van der Waals surface area contributed by atoms with E-state index in [1.807, 2.05) is 30.3 Å². The van der Waals surface area contributed by atoms with E-state index in [4.69, 9.17) is 10.2 Å². The molecule has 6 nitrogen and oxygen atoms in total. The minimum atomic E-state index is -0.892. The number of carboxylic acids is 2.